The number of hydrogen-bond acceptors (Lipinski definition) is 4. The highest BCUT2D eigenvalue weighted by atomic mass is 35.5. The standard InChI is InChI=1S/C23H36N2O3.ClH/c1-2-17-27-22-14-8-7-12-20(22)24-23(26)28-21-13-6-3-5-11-19(21)18-25-15-9-4-10-16-25;/h7-8,12,14,19,21H,2-6,9-11,13,15-18H2,1H3,(H,24,26);1H/t19-,21+;/m0./s1. The van der Waals surface area contributed by atoms with Crippen LogP contribution in [0.1, 0.15) is 64.7 Å². The summed E-state index contributed by atoms with van der Waals surface area (Å²) < 4.78 is 11.7. The highest BCUT2D eigenvalue weighted by molar-refractivity contribution is 5.86. The highest BCUT2D eigenvalue weighted by Gasteiger charge is 2.29. The van der Waals surface area contributed by atoms with Crippen LogP contribution in [0, 0.1) is 5.92 Å². The van der Waals surface area contributed by atoms with Crippen molar-refractivity contribution in [2.75, 3.05) is 31.6 Å². The van der Waals surface area contributed by atoms with E-state index in [-0.39, 0.29) is 24.6 Å². The third kappa shape index (κ3) is 7.71. The Kier molecular flexibility index (Phi) is 10.6. The Balaban J connectivity index is 0.00000300. The maximum absolute atomic E-state index is 12.7. The zero-order valence-corrected chi connectivity index (χ0v) is 18.6. The van der Waals surface area contributed by atoms with Crippen molar-refractivity contribution in [2.45, 2.75) is 70.8 Å². The summed E-state index contributed by atoms with van der Waals surface area (Å²) in [6, 6.07) is 7.57. The fourth-order valence-corrected chi connectivity index (χ4v) is 4.37. The molecule has 1 aliphatic carbocycles. The zero-order valence-electron chi connectivity index (χ0n) is 17.7. The molecule has 0 aromatic heterocycles. The van der Waals surface area contributed by atoms with Gasteiger partial charge in [0.2, 0.25) is 0 Å². The van der Waals surface area contributed by atoms with Crippen molar-refractivity contribution < 1.29 is 14.3 Å². The fraction of sp³-hybridized carbons (Fsp3) is 0.696. The second-order valence-corrected chi connectivity index (χ2v) is 8.17. The lowest BCUT2D eigenvalue weighted by Crippen LogP contribution is -2.39. The van der Waals surface area contributed by atoms with Gasteiger partial charge in [-0.1, -0.05) is 38.3 Å². The molecule has 1 aliphatic heterocycles. The van der Waals surface area contributed by atoms with E-state index in [1.165, 1.54) is 45.2 Å². The molecule has 1 amide bonds. The molecule has 0 spiro atoms. The van der Waals surface area contributed by atoms with Gasteiger partial charge in [-0.3, -0.25) is 5.32 Å². The van der Waals surface area contributed by atoms with Crippen molar-refractivity contribution in [2.24, 2.45) is 5.92 Å². The Hall–Kier alpha value is -1.46. The molecule has 2 atom stereocenters. The first-order valence-electron chi connectivity index (χ1n) is 11.2. The molecule has 6 heteroatoms. The number of rotatable bonds is 7. The van der Waals surface area contributed by atoms with E-state index in [1.54, 1.807) is 0 Å². The van der Waals surface area contributed by atoms with Gasteiger partial charge in [-0.2, -0.15) is 0 Å². The monoisotopic (exact) mass is 424 g/mol. The average Bonchev–Trinajstić information content (AvgIpc) is 2.93. The van der Waals surface area contributed by atoms with E-state index in [1.807, 2.05) is 24.3 Å². The normalized spacial score (nSPS) is 22.8. The van der Waals surface area contributed by atoms with Gasteiger partial charge in [0.15, 0.2) is 0 Å². The molecule has 1 aromatic carbocycles. The molecule has 0 unspecified atom stereocenters. The number of nitrogens with zero attached hydrogens (tertiary/aromatic N) is 1. The Morgan fingerprint density at radius 2 is 1.79 bits per heavy atom. The number of para-hydroxylation sites is 2. The van der Waals surface area contributed by atoms with Crippen LogP contribution < -0.4 is 10.1 Å². The number of nitrogens with one attached hydrogen (secondary N) is 1. The van der Waals surface area contributed by atoms with Gasteiger partial charge in [-0.05, 0) is 63.7 Å². The third-order valence-corrected chi connectivity index (χ3v) is 5.87. The number of anilines is 1. The number of amides is 1. The Morgan fingerprint density at radius 3 is 2.59 bits per heavy atom. The Bertz CT molecular complexity index is 608. The fourth-order valence-electron chi connectivity index (χ4n) is 4.37. The van der Waals surface area contributed by atoms with E-state index in [4.69, 9.17) is 9.47 Å². The SMILES string of the molecule is CCCOc1ccccc1NC(=O)O[C@@H]1CCCCC[C@H]1CN1CCCCC1.Cl. The number of carbonyl (C=O) groups excluding carboxylic acids is 1. The third-order valence-electron chi connectivity index (χ3n) is 5.87. The summed E-state index contributed by atoms with van der Waals surface area (Å²) in [5.74, 6) is 1.14. The maximum Gasteiger partial charge on any atom is 0.412 e. The van der Waals surface area contributed by atoms with E-state index in [9.17, 15) is 4.79 Å². The Morgan fingerprint density at radius 1 is 1.07 bits per heavy atom. The topological polar surface area (TPSA) is 50.8 Å². The quantitative estimate of drug-likeness (QED) is 0.555. The molecule has 0 radical (unpaired) electrons. The van der Waals surface area contributed by atoms with Crippen molar-refractivity contribution in [1.29, 1.82) is 0 Å². The van der Waals surface area contributed by atoms with Crippen molar-refractivity contribution >= 4 is 24.2 Å². The first-order valence-corrected chi connectivity index (χ1v) is 11.2. The largest absolute Gasteiger partial charge is 0.491 e. The Labute approximate surface area is 181 Å². The lowest BCUT2D eigenvalue weighted by atomic mass is 9.95. The molecule has 164 valence electrons. The minimum absolute atomic E-state index is 0. The molecule has 1 saturated heterocycles. The van der Waals surface area contributed by atoms with Crippen LogP contribution in [-0.2, 0) is 4.74 Å². The molecule has 1 saturated carbocycles. The lowest BCUT2D eigenvalue weighted by molar-refractivity contribution is 0.0471. The van der Waals surface area contributed by atoms with Crippen molar-refractivity contribution in [3.05, 3.63) is 24.3 Å². The predicted octanol–water partition coefficient (Wildman–Crippen LogP) is 5.88. The van der Waals surface area contributed by atoms with Gasteiger partial charge in [0.05, 0.1) is 12.3 Å². The van der Waals surface area contributed by atoms with Gasteiger partial charge in [0.25, 0.3) is 0 Å². The predicted molar refractivity (Wildman–Crippen MR) is 120 cm³/mol. The molecule has 29 heavy (non-hydrogen) atoms. The number of ether oxygens (including phenoxy) is 2. The summed E-state index contributed by atoms with van der Waals surface area (Å²) >= 11 is 0. The van der Waals surface area contributed by atoms with Gasteiger partial charge in [0.1, 0.15) is 11.9 Å². The first-order chi connectivity index (χ1) is 13.8. The summed E-state index contributed by atoms with van der Waals surface area (Å²) in [5, 5.41) is 2.91. The molecular formula is C23H37ClN2O3. The van der Waals surface area contributed by atoms with E-state index in [0.717, 1.165) is 32.2 Å². The van der Waals surface area contributed by atoms with Crippen LogP contribution in [0.5, 0.6) is 5.75 Å². The van der Waals surface area contributed by atoms with Gasteiger partial charge in [-0.25, -0.2) is 4.79 Å². The first kappa shape index (κ1) is 23.8. The van der Waals surface area contributed by atoms with Crippen molar-refractivity contribution in [1.82, 2.24) is 4.90 Å². The van der Waals surface area contributed by atoms with Crippen molar-refractivity contribution in [3.63, 3.8) is 0 Å². The second-order valence-electron chi connectivity index (χ2n) is 8.17. The zero-order chi connectivity index (χ0) is 19.6. The van der Waals surface area contributed by atoms with E-state index >= 15 is 0 Å². The van der Waals surface area contributed by atoms with Crippen LogP contribution >= 0.6 is 12.4 Å². The second kappa shape index (κ2) is 13.0. The molecule has 5 nitrogen and oxygen atoms in total. The highest BCUT2D eigenvalue weighted by Crippen LogP contribution is 2.29. The number of hydrogen-bond donors (Lipinski definition) is 1. The average molecular weight is 425 g/mol. The van der Waals surface area contributed by atoms with Gasteiger partial charge >= 0.3 is 6.09 Å². The van der Waals surface area contributed by atoms with Crippen LogP contribution in [0.3, 0.4) is 0 Å². The summed E-state index contributed by atoms with van der Waals surface area (Å²) in [5.41, 5.74) is 0.683. The molecule has 2 aliphatic rings. The molecule has 1 aromatic rings. The van der Waals surface area contributed by atoms with Crippen LogP contribution in [0.25, 0.3) is 0 Å². The molecule has 3 rings (SSSR count). The minimum atomic E-state index is -0.358. The molecule has 0 bridgehead atoms. The number of benzene rings is 1. The smallest absolute Gasteiger partial charge is 0.412 e. The number of carbonyl (C=O) groups is 1. The molecule has 2 fully saturated rings. The molecule has 1 heterocycles. The lowest BCUT2D eigenvalue weighted by Gasteiger charge is -2.33. The number of likely N-dealkylation sites (tertiary alicyclic amines) is 1. The maximum atomic E-state index is 12.7. The van der Waals surface area contributed by atoms with Gasteiger partial charge in [-0.15, -0.1) is 12.4 Å². The summed E-state index contributed by atoms with van der Waals surface area (Å²) in [7, 11) is 0. The van der Waals surface area contributed by atoms with Crippen LogP contribution in [0.15, 0.2) is 24.3 Å². The summed E-state index contributed by atoms with van der Waals surface area (Å²) in [6.07, 6.45) is 10.3. The number of halogens is 1. The van der Waals surface area contributed by atoms with E-state index in [0.29, 0.717) is 24.0 Å². The van der Waals surface area contributed by atoms with Gasteiger partial charge in [0, 0.05) is 12.5 Å². The summed E-state index contributed by atoms with van der Waals surface area (Å²) in [4.78, 5) is 15.2. The van der Waals surface area contributed by atoms with Gasteiger partial charge < -0.3 is 14.4 Å². The summed E-state index contributed by atoms with van der Waals surface area (Å²) in [6.45, 7) is 6.15. The molecular weight excluding hydrogens is 388 g/mol. The van der Waals surface area contributed by atoms with Crippen LogP contribution in [-0.4, -0.2) is 43.3 Å². The van der Waals surface area contributed by atoms with Crippen LogP contribution in [0.2, 0.25) is 0 Å². The van der Waals surface area contributed by atoms with E-state index in [2.05, 4.69) is 17.1 Å². The minimum Gasteiger partial charge on any atom is -0.491 e. The van der Waals surface area contributed by atoms with Crippen molar-refractivity contribution in [3.8, 4) is 5.75 Å². The molecule has 1 N–H and O–H groups in total. The van der Waals surface area contributed by atoms with Crippen LogP contribution in [0.4, 0.5) is 10.5 Å². The number of piperidine rings is 1. The van der Waals surface area contributed by atoms with E-state index < -0.39 is 0 Å².